The van der Waals surface area contributed by atoms with Crippen molar-refractivity contribution in [1.29, 1.82) is 0 Å². The zero-order valence-corrected chi connectivity index (χ0v) is 9.67. The fourth-order valence-corrected chi connectivity index (χ4v) is 0. The Hall–Kier alpha value is 0.859. The van der Waals surface area contributed by atoms with Gasteiger partial charge in [0, 0.05) is 0 Å². The topological polar surface area (TPSA) is 150 Å². The van der Waals surface area contributed by atoms with Gasteiger partial charge in [-0.25, -0.2) is 4.79 Å². The predicted molar refractivity (Wildman–Crippen MR) is 22.2 cm³/mol. The van der Waals surface area contributed by atoms with Crippen molar-refractivity contribution in [2.45, 2.75) is 0 Å². The van der Waals surface area contributed by atoms with Crippen LogP contribution >= 0.6 is 0 Å². The molecule has 0 saturated heterocycles. The zero-order valence-electron chi connectivity index (χ0n) is 5.51. The fraction of sp³-hybridized carbons (Fsp3) is 0. The van der Waals surface area contributed by atoms with Gasteiger partial charge in [-0.2, -0.15) is 0 Å². The van der Waals surface area contributed by atoms with Crippen molar-refractivity contribution in [2.75, 3.05) is 0 Å². The molecule has 0 rings (SSSR count). The van der Waals surface area contributed by atoms with Crippen molar-refractivity contribution < 1.29 is 63.7 Å². The molecule has 0 fully saturated rings. The van der Waals surface area contributed by atoms with Crippen molar-refractivity contribution in [2.24, 2.45) is 0 Å². The van der Waals surface area contributed by atoms with Gasteiger partial charge in [0.2, 0.25) is 0 Å². The number of rotatable bonds is 0. The Labute approximate surface area is 95.8 Å². The van der Waals surface area contributed by atoms with Crippen LogP contribution in [0, 0.1) is 0 Å². The first-order valence-electron chi connectivity index (χ1n) is 1.47. The van der Waals surface area contributed by atoms with Crippen LogP contribution in [0.5, 0.6) is 0 Å². The second kappa shape index (κ2) is 10.9. The van der Waals surface area contributed by atoms with Crippen LogP contribution in [0.3, 0.4) is 0 Å². The summed E-state index contributed by atoms with van der Waals surface area (Å²) >= 11 is 0. The van der Waals surface area contributed by atoms with Crippen molar-refractivity contribution in [3.63, 3.8) is 0 Å². The van der Waals surface area contributed by atoms with Gasteiger partial charge in [0.25, 0.3) is 0 Å². The molecule has 0 saturated carbocycles. The van der Waals surface area contributed by atoms with E-state index in [4.69, 9.17) is 34.2 Å². The molecule has 2 N–H and O–H groups in total. The summed E-state index contributed by atoms with van der Waals surface area (Å²) in [4.78, 5) is 42.9. The average Bonchev–Trinajstić information content (AvgIpc) is 1.19. The second-order valence-electron chi connectivity index (χ2n) is 0.783. The van der Waals surface area contributed by atoms with Gasteiger partial charge < -0.3 is 38.4 Å². The minimum atomic E-state index is -5.61. The molecule has 0 aliphatic rings. The van der Waals surface area contributed by atoms with Crippen LogP contribution in [0.2, 0.25) is 0 Å². The van der Waals surface area contributed by atoms with Crippen LogP contribution in [-0.4, -0.2) is 42.8 Å². The van der Waals surface area contributed by atoms with Crippen molar-refractivity contribution in [1.82, 2.24) is 0 Å². The van der Waals surface area contributed by atoms with Crippen LogP contribution in [0.4, 0.5) is 4.79 Å². The SMILES string of the molecule is O=C(O)O.[Al+3].[Na+].[O-][Si]([O-])([O-])[O-]. The molecule has 0 bridgehead atoms. The van der Waals surface area contributed by atoms with Crippen LogP contribution in [0.1, 0.15) is 0 Å². The van der Waals surface area contributed by atoms with Gasteiger partial charge in [0.05, 0.1) is 0 Å². The molecule has 56 valence electrons. The van der Waals surface area contributed by atoms with E-state index in [2.05, 4.69) is 0 Å². The molecule has 0 spiro atoms. The quantitative estimate of drug-likeness (QED) is 0.372. The molecule has 0 aromatic carbocycles. The summed E-state index contributed by atoms with van der Waals surface area (Å²) in [5, 5.41) is 13.9. The van der Waals surface area contributed by atoms with E-state index in [1.807, 2.05) is 0 Å². The Balaban J connectivity index is -0.0000000383. The fourth-order valence-electron chi connectivity index (χ4n) is 0. The molecule has 0 radical (unpaired) electrons. The third-order valence-electron chi connectivity index (χ3n) is 0. The molecule has 7 nitrogen and oxygen atoms in total. The van der Waals surface area contributed by atoms with Gasteiger partial charge in [-0.3, -0.25) is 0 Å². The molecule has 0 atom stereocenters. The number of carboxylic acid groups (broad SMARTS) is 2. The summed E-state index contributed by atoms with van der Waals surface area (Å²) in [6.45, 7) is 0. The molecule has 0 unspecified atom stereocenters. The Morgan fingerprint density at radius 1 is 1.09 bits per heavy atom. The number of carbonyl (C=O) groups is 1. The van der Waals surface area contributed by atoms with Gasteiger partial charge in [0.1, 0.15) is 0 Å². The van der Waals surface area contributed by atoms with E-state index in [0.717, 1.165) is 0 Å². The number of hydrogen-bond donors (Lipinski definition) is 2. The number of hydrogen-bond acceptors (Lipinski definition) is 5. The molecule has 11 heavy (non-hydrogen) atoms. The standard InChI is InChI=1S/CH2O3.Al.Na.O4Si/c2-1(3)4;;;1-5(2,3)4/h(H2,2,3,4);;;/q;+3;+1;-4. The van der Waals surface area contributed by atoms with Gasteiger partial charge in [0.15, 0.2) is 0 Å². The van der Waals surface area contributed by atoms with E-state index >= 15 is 0 Å². The van der Waals surface area contributed by atoms with E-state index in [9.17, 15) is 0 Å². The van der Waals surface area contributed by atoms with E-state index in [0.29, 0.717) is 0 Å². The smallest absolute Gasteiger partial charge is 0.894 e. The normalized spacial score (nSPS) is 7.64. The van der Waals surface area contributed by atoms with E-state index in [1.54, 1.807) is 0 Å². The van der Waals surface area contributed by atoms with Crippen LogP contribution < -0.4 is 48.7 Å². The predicted octanol–water partition coefficient (Wildman–Crippen LogP) is -8.29. The molecular weight excluding hydrogens is 202 g/mol. The van der Waals surface area contributed by atoms with Crippen molar-refractivity contribution in [3.8, 4) is 0 Å². The summed E-state index contributed by atoms with van der Waals surface area (Å²) < 4.78 is 0. The van der Waals surface area contributed by atoms with Crippen LogP contribution in [0.15, 0.2) is 0 Å². The Morgan fingerprint density at radius 3 is 1.09 bits per heavy atom. The third-order valence-corrected chi connectivity index (χ3v) is 0. The first kappa shape index (κ1) is 22.6. The van der Waals surface area contributed by atoms with Gasteiger partial charge in [-0.15, -0.1) is 0 Å². The molecular formula is CH2AlNaO7Si. The van der Waals surface area contributed by atoms with Gasteiger partial charge in [-0.05, 0) is 0 Å². The largest absolute Gasteiger partial charge is 3.00 e. The van der Waals surface area contributed by atoms with E-state index in [1.165, 1.54) is 0 Å². The van der Waals surface area contributed by atoms with E-state index < -0.39 is 15.2 Å². The summed E-state index contributed by atoms with van der Waals surface area (Å²) in [7, 11) is -5.61. The summed E-state index contributed by atoms with van der Waals surface area (Å²) in [5.74, 6) is 0. The molecule has 0 heterocycles. The summed E-state index contributed by atoms with van der Waals surface area (Å²) in [6.07, 6.45) is -1.83. The maximum absolute atomic E-state index is 8.58. The maximum Gasteiger partial charge on any atom is 3.00 e. The molecule has 0 amide bonds. The summed E-state index contributed by atoms with van der Waals surface area (Å²) in [5.41, 5.74) is 0. The minimum Gasteiger partial charge on any atom is -0.894 e. The average molecular weight is 204 g/mol. The first-order valence-corrected chi connectivity index (χ1v) is 3.10. The third kappa shape index (κ3) is 1150. The molecule has 0 aromatic heterocycles. The Bertz CT molecular complexity index is 80.9. The first-order chi connectivity index (χ1) is 3.73. The Kier molecular flexibility index (Phi) is 22.4. The summed E-state index contributed by atoms with van der Waals surface area (Å²) in [6, 6.07) is 0. The van der Waals surface area contributed by atoms with Crippen molar-refractivity contribution in [3.05, 3.63) is 0 Å². The molecule has 0 aliphatic carbocycles. The monoisotopic (exact) mass is 204 g/mol. The van der Waals surface area contributed by atoms with Crippen molar-refractivity contribution >= 4 is 32.6 Å². The minimum absolute atomic E-state index is 0. The van der Waals surface area contributed by atoms with E-state index in [-0.39, 0.29) is 46.9 Å². The molecule has 10 heteroatoms. The Morgan fingerprint density at radius 2 is 1.09 bits per heavy atom. The molecule has 0 aliphatic heterocycles. The van der Waals surface area contributed by atoms with Gasteiger partial charge >= 0.3 is 53.1 Å². The second-order valence-corrected chi connectivity index (χ2v) is 1.78. The van der Waals surface area contributed by atoms with Gasteiger partial charge in [-0.1, -0.05) is 0 Å². The zero-order chi connectivity index (χ0) is 8.08. The maximum atomic E-state index is 8.58. The van der Waals surface area contributed by atoms with Crippen LogP contribution in [-0.2, 0) is 0 Å². The van der Waals surface area contributed by atoms with Crippen LogP contribution in [0.25, 0.3) is 0 Å². The molecule has 0 aromatic rings.